The SMILES string of the molecule is Cc1cc(C(=O)N[C@@H]2C[C@H](Cn3cc(CN(C)C)nn3)[C@@H](O)[C@H]2O)no1. The number of nitrogens with one attached hydrogen (secondary N) is 1. The van der Waals surface area contributed by atoms with Gasteiger partial charge in [-0.25, -0.2) is 0 Å². The zero-order valence-corrected chi connectivity index (χ0v) is 15.0. The summed E-state index contributed by atoms with van der Waals surface area (Å²) in [6.45, 7) is 2.77. The lowest BCUT2D eigenvalue weighted by molar-refractivity contribution is 0.00757. The number of carbonyl (C=O) groups excluding carboxylic acids is 1. The highest BCUT2D eigenvalue weighted by Gasteiger charge is 2.42. The molecule has 1 saturated carbocycles. The molecule has 4 atom stereocenters. The number of aromatic nitrogens is 4. The first-order valence-corrected chi connectivity index (χ1v) is 8.47. The van der Waals surface area contributed by atoms with E-state index in [4.69, 9.17) is 4.52 Å². The Balaban J connectivity index is 1.60. The van der Waals surface area contributed by atoms with Crippen molar-refractivity contribution in [2.75, 3.05) is 14.1 Å². The zero-order chi connectivity index (χ0) is 18.8. The van der Waals surface area contributed by atoms with Crippen molar-refractivity contribution in [2.45, 2.75) is 44.7 Å². The lowest BCUT2D eigenvalue weighted by atomic mass is 10.1. The van der Waals surface area contributed by atoms with Crippen LogP contribution in [0.1, 0.15) is 28.4 Å². The molecule has 1 aliphatic carbocycles. The van der Waals surface area contributed by atoms with E-state index in [0.717, 1.165) is 5.69 Å². The lowest BCUT2D eigenvalue weighted by Gasteiger charge is -2.17. The predicted molar refractivity (Wildman–Crippen MR) is 90.0 cm³/mol. The number of aliphatic hydroxyl groups is 2. The second-order valence-corrected chi connectivity index (χ2v) is 7.05. The third-order valence-electron chi connectivity index (χ3n) is 4.46. The molecule has 2 heterocycles. The Labute approximate surface area is 150 Å². The van der Waals surface area contributed by atoms with Crippen LogP contribution in [0.25, 0.3) is 0 Å². The summed E-state index contributed by atoms with van der Waals surface area (Å²) in [4.78, 5) is 14.2. The quantitative estimate of drug-likeness (QED) is 0.606. The minimum atomic E-state index is -1.05. The van der Waals surface area contributed by atoms with Crippen LogP contribution in [0.2, 0.25) is 0 Å². The molecule has 10 heteroatoms. The van der Waals surface area contributed by atoms with Crippen LogP contribution < -0.4 is 5.32 Å². The molecule has 2 aromatic heterocycles. The van der Waals surface area contributed by atoms with Gasteiger partial charge in [-0.3, -0.25) is 9.48 Å². The maximum Gasteiger partial charge on any atom is 0.273 e. The first kappa shape index (κ1) is 18.5. The van der Waals surface area contributed by atoms with Gasteiger partial charge < -0.3 is 25.0 Å². The average molecular weight is 364 g/mol. The van der Waals surface area contributed by atoms with Gasteiger partial charge in [0, 0.05) is 31.3 Å². The van der Waals surface area contributed by atoms with Crippen molar-refractivity contribution in [1.29, 1.82) is 0 Å². The Morgan fingerprint density at radius 3 is 2.85 bits per heavy atom. The Morgan fingerprint density at radius 2 is 2.19 bits per heavy atom. The molecule has 0 aliphatic heterocycles. The summed E-state index contributed by atoms with van der Waals surface area (Å²) in [7, 11) is 3.89. The predicted octanol–water partition coefficient (Wildman–Crippen LogP) is -0.824. The fraction of sp³-hybridized carbons (Fsp3) is 0.625. The highest BCUT2D eigenvalue weighted by molar-refractivity contribution is 5.92. The highest BCUT2D eigenvalue weighted by atomic mass is 16.5. The van der Waals surface area contributed by atoms with Gasteiger partial charge in [0.15, 0.2) is 5.69 Å². The summed E-state index contributed by atoms with van der Waals surface area (Å²) in [6.07, 6.45) is 0.235. The number of amides is 1. The topological polar surface area (TPSA) is 130 Å². The second-order valence-electron chi connectivity index (χ2n) is 7.05. The van der Waals surface area contributed by atoms with Crippen LogP contribution in [-0.2, 0) is 13.1 Å². The summed E-state index contributed by atoms with van der Waals surface area (Å²) >= 11 is 0. The molecule has 0 bridgehead atoms. The minimum absolute atomic E-state index is 0.150. The van der Waals surface area contributed by atoms with E-state index in [1.54, 1.807) is 11.6 Å². The van der Waals surface area contributed by atoms with Crippen molar-refractivity contribution in [3.63, 3.8) is 0 Å². The van der Waals surface area contributed by atoms with E-state index in [2.05, 4.69) is 20.8 Å². The van der Waals surface area contributed by atoms with Gasteiger partial charge in [-0.2, -0.15) is 0 Å². The van der Waals surface area contributed by atoms with Crippen LogP contribution in [0.15, 0.2) is 16.8 Å². The smallest absolute Gasteiger partial charge is 0.273 e. The van der Waals surface area contributed by atoms with Gasteiger partial charge in [0.05, 0.1) is 17.8 Å². The van der Waals surface area contributed by atoms with Gasteiger partial charge in [-0.05, 0) is 27.4 Å². The summed E-state index contributed by atoms with van der Waals surface area (Å²) < 4.78 is 6.54. The molecule has 0 unspecified atom stereocenters. The molecule has 2 aromatic rings. The maximum absolute atomic E-state index is 12.2. The highest BCUT2D eigenvalue weighted by Crippen LogP contribution is 2.28. The number of aliphatic hydroxyl groups excluding tert-OH is 2. The summed E-state index contributed by atoms with van der Waals surface area (Å²) in [5.41, 5.74) is 0.978. The average Bonchev–Trinajstić information content (AvgIpc) is 3.25. The molecule has 1 fully saturated rings. The van der Waals surface area contributed by atoms with E-state index in [1.807, 2.05) is 25.2 Å². The van der Waals surface area contributed by atoms with E-state index in [0.29, 0.717) is 25.3 Å². The van der Waals surface area contributed by atoms with Crippen LogP contribution in [0, 0.1) is 12.8 Å². The number of rotatable bonds is 6. The molecule has 26 heavy (non-hydrogen) atoms. The van der Waals surface area contributed by atoms with Crippen molar-refractivity contribution >= 4 is 5.91 Å². The maximum atomic E-state index is 12.2. The third-order valence-corrected chi connectivity index (χ3v) is 4.46. The molecular weight excluding hydrogens is 340 g/mol. The van der Waals surface area contributed by atoms with Crippen LogP contribution in [0.4, 0.5) is 0 Å². The van der Waals surface area contributed by atoms with Gasteiger partial charge in [0.2, 0.25) is 0 Å². The Morgan fingerprint density at radius 1 is 1.42 bits per heavy atom. The first-order chi connectivity index (χ1) is 12.3. The summed E-state index contributed by atoms with van der Waals surface area (Å²) in [5.74, 6) is -0.157. The van der Waals surface area contributed by atoms with Gasteiger partial charge in [0.1, 0.15) is 11.9 Å². The number of nitrogens with zero attached hydrogens (tertiary/aromatic N) is 5. The molecule has 0 aromatic carbocycles. The minimum Gasteiger partial charge on any atom is -0.390 e. The molecule has 3 N–H and O–H groups in total. The summed E-state index contributed by atoms with van der Waals surface area (Å²) in [6, 6.07) is 0.955. The third kappa shape index (κ3) is 4.09. The van der Waals surface area contributed by atoms with E-state index in [-0.39, 0.29) is 11.6 Å². The van der Waals surface area contributed by atoms with Gasteiger partial charge in [-0.15, -0.1) is 5.10 Å². The molecule has 1 amide bonds. The van der Waals surface area contributed by atoms with E-state index in [1.165, 1.54) is 6.07 Å². The van der Waals surface area contributed by atoms with Crippen molar-refractivity contribution in [1.82, 2.24) is 30.4 Å². The van der Waals surface area contributed by atoms with E-state index < -0.39 is 24.2 Å². The Hall–Kier alpha value is -2.30. The summed E-state index contributed by atoms with van der Waals surface area (Å²) in [5, 5.41) is 35.1. The molecular formula is C16H24N6O4. The van der Waals surface area contributed by atoms with Gasteiger partial charge in [0.25, 0.3) is 5.91 Å². The van der Waals surface area contributed by atoms with E-state index >= 15 is 0 Å². The molecule has 142 valence electrons. The van der Waals surface area contributed by atoms with Crippen LogP contribution in [0.3, 0.4) is 0 Å². The monoisotopic (exact) mass is 364 g/mol. The van der Waals surface area contributed by atoms with Crippen molar-refractivity contribution in [3.8, 4) is 0 Å². The van der Waals surface area contributed by atoms with Crippen molar-refractivity contribution < 1.29 is 19.5 Å². The largest absolute Gasteiger partial charge is 0.390 e. The number of hydrogen-bond acceptors (Lipinski definition) is 8. The second kappa shape index (κ2) is 7.52. The Bertz CT molecular complexity index is 758. The van der Waals surface area contributed by atoms with E-state index in [9.17, 15) is 15.0 Å². The van der Waals surface area contributed by atoms with Crippen LogP contribution in [-0.4, -0.2) is 73.5 Å². The van der Waals surface area contributed by atoms with Crippen LogP contribution in [0.5, 0.6) is 0 Å². The van der Waals surface area contributed by atoms with Crippen molar-refractivity contribution in [3.05, 3.63) is 29.4 Å². The first-order valence-electron chi connectivity index (χ1n) is 8.47. The fourth-order valence-corrected chi connectivity index (χ4v) is 3.23. The van der Waals surface area contributed by atoms with Gasteiger partial charge >= 0.3 is 0 Å². The van der Waals surface area contributed by atoms with Crippen molar-refractivity contribution in [2.24, 2.45) is 5.92 Å². The lowest BCUT2D eigenvalue weighted by Crippen LogP contribution is -2.43. The van der Waals surface area contributed by atoms with Gasteiger partial charge in [-0.1, -0.05) is 10.4 Å². The zero-order valence-electron chi connectivity index (χ0n) is 15.0. The Kier molecular flexibility index (Phi) is 5.35. The molecule has 1 aliphatic rings. The molecule has 0 radical (unpaired) electrons. The normalized spacial score (nSPS) is 25.8. The molecule has 3 rings (SSSR count). The molecule has 10 nitrogen and oxygen atoms in total. The molecule has 0 saturated heterocycles. The van der Waals surface area contributed by atoms with Crippen LogP contribution >= 0.6 is 0 Å². The molecule has 0 spiro atoms. The fourth-order valence-electron chi connectivity index (χ4n) is 3.23. The number of hydrogen-bond donors (Lipinski definition) is 3. The number of carbonyl (C=O) groups is 1. The number of aryl methyl sites for hydroxylation is 1. The standard InChI is InChI=1S/C16H24N6O4/c1-9-4-13(19-26-9)16(25)17-12-5-10(14(23)15(12)24)6-22-8-11(18-20-22)7-21(2)3/h4,8,10,12,14-15,23-24H,5-7H2,1-3H3,(H,17,25)/t10-,12-,14-,15+/m1/s1.